The van der Waals surface area contributed by atoms with Crippen LogP contribution in [-0.4, -0.2) is 25.7 Å². The molecule has 3 heteroatoms. The number of alkyl halides is 1. The van der Waals surface area contributed by atoms with Gasteiger partial charge in [-0.2, -0.15) is 0 Å². The van der Waals surface area contributed by atoms with Crippen LogP contribution in [0.1, 0.15) is 12.0 Å². The monoisotopic (exact) mass is 250 g/mol. The number of hydrogen-bond acceptors (Lipinski definition) is 2. The van der Waals surface area contributed by atoms with Gasteiger partial charge in [0.05, 0.1) is 24.7 Å². The first-order valence-electron chi connectivity index (χ1n) is 5.74. The molecule has 2 nitrogen and oxygen atoms in total. The molecule has 1 heterocycles. The first-order chi connectivity index (χ1) is 8.40. The Morgan fingerprint density at radius 2 is 2.29 bits per heavy atom. The van der Waals surface area contributed by atoms with E-state index in [1.165, 1.54) is 0 Å². The van der Waals surface area contributed by atoms with E-state index >= 15 is 0 Å². The lowest BCUT2D eigenvalue weighted by Gasteiger charge is -2.11. The molecule has 0 bridgehead atoms. The summed E-state index contributed by atoms with van der Waals surface area (Å²) in [4.78, 5) is 0. The maximum absolute atomic E-state index is 5.79. The van der Waals surface area contributed by atoms with E-state index in [4.69, 9.17) is 21.1 Å². The molecule has 0 radical (unpaired) electrons. The SMILES string of the molecule is ClCC#Cc1ccccc1OCC1CCOC1. The highest BCUT2D eigenvalue weighted by Gasteiger charge is 2.16. The molecule has 0 amide bonds. The maximum Gasteiger partial charge on any atom is 0.134 e. The topological polar surface area (TPSA) is 18.5 Å². The largest absolute Gasteiger partial charge is 0.492 e. The second-order valence-electron chi connectivity index (χ2n) is 3.97. The molecule has 0 aliphatic carbocycles. The number of benzene rings is 1. The second kappa shape index (κ2) is 6.54. The van der Waals surface area contributed by atoms with Gasteiger partial charge in [0.25, 0.3) is 0 Å². The Morgan fingerprint density at radius 3 is 3.06 bits per heavy atom. The van der Waals surface area contributed by atoms with E-state index in [9.17, 15) is 0 Å². The molecule has 0 N–H and O–H groups in total. The van der Waals surface area contributed by atoms with Gasteiger partial charge in [-0.25, -0.2) is 0 Å². The summed E-state index contributed by atoms with van der Waals surface area (Å²) in [5, 5.41) is 0. The molecule has 17 heavy (non-hydrogen) atoms. The van der Waals surface area contributed by atoms with Gasteiger partial charge < -0.3 is 9.47 Å². The van der Waals surface area contributed by atoms with Crippen LogP contribution in [-0.2, 0) is 4.74 Å². The summed E-state index contributed by atoms with van der Waals surface area (Å²) < 4.78 is 11.1. The molecular formula is C14H15ClO2. The molecule has 1 aromatic carbocycles. The Hall–Kier alpha value is -1.17. The van der Waals surface area contributed by atoms with E-state index < -0.39 is 0 Å². The van der Waals surface area contributed by atoms with Crippen molar-refractivity contribution >= 4 is 11.6 Å². The van der Waals surface area contributed by atoms with Crippen LogP contribution in [0.4, 0.5) is 0 Å². The Morgan fingerprint density at radius 1 is 1.41 bits per heavy atom. The van der Waals surface area contributed by atoms with Crippen LogP contribution in [0.15, 0.2) is 24.3 Å². The Labute approximate surface area is 107 Å². The van der Waals surface area contributed by atoms with E-state index in [0.717, 1.165) is 30.9 Å². The minimum absolute atomic E-state index is 0.338. The average molecular weight is 251 g/mol. The molecule has 0 aromatic heterocycles. The predicted octanol–water partition coefficient (Wildman–Crippen LogP) is 2.69. The zero-order valence-corrected chi connectivity index (χ0v) is 10.4. The number of rotatable bonds is 3. The molecule has 1 fully saturated rings. The molecule has 1 saturated heterocycles. The van der Waals surface area contributed by atoms with Crippen LogP contribution in [0.2, 0.25) is 0 Å². The quantitative estimate of drug-likeness (QED) is 0.607. The summed E-state index contributed by atoms with van der Waals surface area (Å²) in [6.45, 7) is 2.34. The zero-order chi connectivity index (χ0) is 11.9. The summed E-state index contributed by atoms with van der Waals surface area (Å²) in [6.07, 6.45) is 1.08. The molecule has 90 valence electrons. The highest BCUT2D eigenvalue weighted by molar-refractivity contribution is 6.19. The van der Waals surface area contributed by atoms with E-state index in [-0.39, 0.29) is 0 Å². The molecule has 0 spiro atoms. The van der Waals surface area contributed by atoms with Crippen LogP contribution >= 0.6 is 11.6 Å². The van der Waals surface area contributed by atoms with Crippen molar-refractivity contribution in [1.29, 1.82) is 0 Å². The second-order valence-corrected chi connectivity index (χ2v) is 4.24. The minimum atomic E-state index is 0.338. The highest BCUT2D eigenvalue weighted by Crippen LogP contribution is 2.19. The molecular weight excluding hydrogens is 236 g/mol. The fraction of sp³-hybridized carbons (Fsp3) is 0.429. The van der Waals surface area contributed by atoms with E-state index in [2.05, 4.69) is 11.8 Å². The number of para-hydroxylation sites is 1. The lowest BCUT2D eigenvalue weighted by atomic mass is 10.1. The molecule has 1 aliphatic rings. The molecule has 2 rings (SSSR count). The van der Waals surface area contributed by atoms with Crippen LogP contribution in [0.25, 0.3) is 0 Å². The lowest BCUT2D eigenvalue weighted by Crippen LogP contribution is -2.12. The van der Waals surface area contributed by atoms with Crippen molar-refractivity contribution in [3.05, 3.63) is 29.8 Å². The minimum Gasteiger partial charge on any atom is -0.492 e. The summed E-state index contributed by atoms with van der Waals surface area (Å²) >= 11 is 5.55. The fourth-order valence-corrected chi connectivity index (χ4v) is 1.81. The third kappa shape index (κ3) is 3.66. The van der Waals surface area contributed by atoms with E-state index in [1.807, 2.05) is 24.3 Å². The van der Waals surface area contributed by atoms with Crippen LogP contribution in [0, 0.1) is 17.8 Å². The van der Waals surface area contributed by atoms with Crippen molar-refractivity contribution in [3.8, 4) is 17.6 Å². The third-order valence-corrected chi connectivity index (χ3v) is 2.81. The molecule has 1 aromatic rings. The summed E-state index contributed by atoms with van der Waals surface area (Å²) in [5.74, 6) is 7.52. The van der Waals surface area contributed by atoms with Crippen molar-refractivity contribution in [1.82, 2.24) is 0 Å². The zero-order valence-electron chi connectivity index (χ0n) is 9.62. The van der Waals surface area contributed by atoms with Gasteiger partial charge >= 0.3 is 0 Å². The van der Waals surface area contributed by atoms with Gasteiger partial charge in [0.2, 0.25) is 0 Å². The Bertz CT molecular complexity index is 414. The van der Waals surface area contributed by atoms with Crippen molar-refractivity contribution in [3.63, 3.8) is 0 Å². The summed E-state index contributed by atoms with van der Waals surface area (Å²) in [7, 11) is 0. The van der Waals surface area contributed by atoms with Crippen molar-refractivity contribution < 1.29 is 9.47 Å². The first kappa shape index (κ1) is 12.3. The highest BCUT2D eigenvalue weighted by atomic mass is 35.5. The number of hydrogen-bond donors (Lipinski definition) is 0. The van der Waals surface area contributed by atoms with Crippen molar-refractivity contribution in [2.75, 3.05) is 25.7 Å². The average Bonchev–Trinajstić information content (AvgIpc) is 2.88. The van der Waals surface area contributed by atoms with Crippen molar-refractivity contribution in [2.45, 2.75) is 6.42 Å². The summed E-state index contributed by atoms with van der Waals surface area (Å²) in [6, 6.07) is 7.78. The predicted molar refractivity (Wildman–Crippen MR) is 68.5 cm³/mol. The first-order valence-corrected chi connectivity index (χ1v) is 6.28. The molecule has 1 atom stereocenters. The molecule has 1 aliphatic heterocycles. The molecule has 1 unspecified atom stereocenters. The molecule has 0 saturated carbocycles. The van der Waals surface area contributed by atoms with Gasteiger partial charge in [0, 0.05) is 12.5 Å². The lowest BCUT2D eigenvalue weighted by molar-refractivity contribution is 0.167. The van der Waals surface area contributed by atoms with Gasteiger partial charge in [0.1, 0.15) is 5.75 Å². The van der Waals surface area contributed by atoms with Crippen LogP contribution in [0.5, 0.6) is 5.75 Å². The normalized spacial score (nSPS) is 18.5. The maximum atomic E-state index is 5.79. The van der Waals surface area contributed by atoms with Gasteiger partial charge in [-0.1, -0.05) is 24.0 Å². The number of ether oxygens (including phenoxy) is 2. The van der Waals surface area contributed by atoms with E-state index in [0.29, 0.717) is 18.4 Å². The van der Waals surface area contributed by atoms with Gasteiger partial charge in [-0.3, -0.25) is 0 Å². The Kier molecular flexibility index (Phi) is 4.73. The van der Waals surface area contributed by atoms with Crippen molar-refractivity contribution in [2.24, 2.45) is 5.92 Å². The number of halogens is 1. The summed E-state index contributed by atoms with van der Waals surface area (Å²) in [5.41, 5.74) is 0.895. The van der Waals surface area contributed by atoms with Gasteiger partial charge in [-0.15, -0.1) is 11.6 Å². The van der Waals surface area contributed by atoms with Crippen LogP contribution < -0.4 is 4.74 Å². The Balaban J connectivity index is 1.98. The third-order valence-electron chi connectivity index (χ3n) is 2.68. The van der Waals surface area contributed by atoms with Gasteiger partial charge in [-0.05, 0) is 18.6 Å². The fourth-order valence-electron chi connectivity index (χ4n) is 1.75. The van der Waals surface area contributed by atoms with E-state index in [1.54, 1.807) is 0 Å². The standard InChI is InChI=1S/C14H15ClO2/c15-8-3-5-13-4-1-2-6-14(13)17-11-12-7-9-16-10-12/h1-2,4,6,12H,7-11H2. The van der Waals surface area contributed by atoms with Gasteiger partial charge in [0.15, 0.2) is 0 Å². The van der Waals surface area contributed by atoms with Crippen LogP contribution in [0.3, 0.4) is 0 Å². The smallest absolute Gasteiger partial charge is 0.134 e.